The number of hydrogen-bond acceptors (Lipinski definition) is 12. The number of hydrogen-bond donors (Lipinski definition) is 3. The van der Waals surface area contributed by atoms with Crippen LogP contribution in [0.25, 0.3) is 0 Å². The van der Waals surface area contributed by atoms with E-state index in [0.29, 0.717) is 49.2 Å². The number of piperazine rings is 1. The number of nitrogens with zero attached hydrogens (tertiary/aromatic N) is 5. The lowest BCUT2D eigenvalue weighted by Gasteiger charge is -2.36. The van der Waals surface area contributed by atoms with E-state index in [4.69, 9.17) is 18.9 Å². The minimum Gasteiger partial charge on any atom is -0.495 e. The molecule has 3 N–H and O–H groups in total. The van der Waals surface area contributed by atoms with Crippen LogP contribution in [0.2, 0.25) is 0 Å². The Labute approximate surface area is 287 Å². The molecule has 1 fully saturated rings. The highest BCUT2D eigenvalue weighted by Crippen LogP contribution is 2.52. The number of carbonyl (C=O) groups excluding carboxylic acids is 1. The number of fused-ring (bicyclic) bond motifs is 1. The average Bonchev–Trinajstić information content (AvgIpc) is 3.35. The van der Waals surface area contributed by atoms with Gasteiger partial charge in [0.1, 0.15) is 17.1 Å². The lowest BCUT2D eigenvalue weighted by Crippen LogP contribution is -2.48. The third kappa shape index (κ3) is 8.29. The summed E-state index contributed by atoms with van der Waals surface area (Å²) in [7, 11) is -0.397. The van der Waals surface area contributed by atoms with E-state index in [1.54, 1.807) is 51.2 Å². The Morgan fingerprint density at radius 1 is 1.04 bits per heavy atom. The van der Waals surface area contributed by atoms with Crippen LogP contribution >= 0.6 is 7.60 Å². The highest BCUT2D eigenvalue weighted by molar-refractivity contribution is 7.53. The Kier molecular flexibility index (Phi) is 11.2. The molecule has 0 unspecified atom stereocenters. The van der Waals surface area contributed by atoms with Crippen molar-refractivity contribution in [1.82, 2.24) is 19.8 Å². The molecule has 0 saturated carbocycles. The van der Waals surface area contributed by atoms with Gasteiger partial charge in [-0.05, 0) is 43.7 Å². The molecule has 2 aliphatic rings. The van der Waals surface area contributed by atoms with Gasteiger partial charge in [-0.3, -0.25) is 19.1 Å². The number of rotatable bonds is 14. The SMILES string of the molecule is CCOP(=O)(Cc1ccc(Nc2ncc(C(F)(F)F)c(Nc3ccc(N4CCN(CC(=O)O)CC4)c4c3C(=O)N(C)C4)n2)c(OC)c1)OCC. The fourth-order valence-electron chi connectivity index (χ4n) is 5.96. The van der Waals surface area contributed by atoms with Crippen LogP contribution in [0.1, 0.15) is 40.9 Å². The van der Waals surface area contributed by atoms with Gasteiger partial charge in [-0.15, -0.1) is 0 Å². The monoisotopic (exact) mass is 721 g/mol. The zero-order valence-corrected chi connectivity index (χ0v) is 28.9. The summed E-state index contributed by atoms with van der Waals surface area (Å²) in [4.78, 5) is 37.9. The number of methoxy groups -OCH3 is 1. The summed E-state index contributed by atoms with van der Waals surface area (Å²) < 4.78 is 72.0. The van der Waals surface area contributed by atoms with Gasteiger partial charge in [0.15, 0.2) is 0 Å². The van der Waals surface area contributed by atoms with E-state index in [1.165, 1.54) is 12.0 Å². The van der Waals surface area contributed by atoms with Crippen LogP contribution in [0, 0.1) is 0 Å². The van der Waals surface area contributed by atoms with Crippen molar-refractivity contribution >= 4 is 48.3 Å². The predicted octanol–water partition coefficient (Wildman–Crippen LogP) is 5.55. The molecular formula is C32H39F3N7O7P. The fraction of sp³-hybridized carbons (Fsp3) is 0.438. The topological polar surface area (TPSA) is 159 Å². The van der Waals surface area contributed by atoms with Gasteiger partial charge in [0.2, 0.25) is 5.95 Å². The highest BCUT2D eigenvalue weighted by atomic mass is 31.2. The smallest absolute Gasteiger partial charge is 0.421 e. The number of carboxylic acid groups (broad SMARTS) is 1. The van der Waals surface area contributed by atoms with E-state index in [9.17, 15) is 27.3 Å². The number of carboxylic acids is 1. The standard InChI is InChI=1S/C32H39F3N7O7P/c1-5-48-50(46,49-6-2)19-20-7-8-23(26(15-20)47-4)38-31-36-16-22(32(33,34)35)29(39-31)37-24-9-10-25(21-17-40(3)30(45)28(21)24)42-13-11-41(12-14-42)18-27(43)44/h7-10,15-16H,5-6,11-14,17-19H2,1-4H3,(H,43,44)(H2,36,37,38,39). The summed E-state index contributed by atoms with van der Waals surface area (Å²) in [6, 6.07) is 8.14. The quantitative estimate of drug-likeness (QED) is 0.178. The van der Waals surface area contributed by atoms with Crippen molar-refractivity contribution in [2.45, 2.75) is 32.7 Å². The Morgan fingerprint density at radius 2 is 1.72 bits per heavy atom. The number of benzene rings is 2. The maximum Gasteiger partial charge on any atom is 0.421 e. The van der Waals surface area contributed by atoms with Crippen LogP contribution in [-0.4, -0.2) is 96.8 Å². The summed E-state index contributed by atoms with van der Waals surface area (Å²) in [6.45, 7) is 6.04. The Hall–Kier alpha value is -4.44. The van der Waals surface area contributed by atoms with Crippen molar-refractivity contribution < 1.29 is 46.2 Å². The second kappa shape index (κ2) is 15.2. The molecule has 0 atom stereocenters. The minimum atomic E-state index is -4.82. The number of anilines is 5. The molecule has 0 aliphatic carbocycles. The van der Waals surface area contributed by atoms with E-state index < -0.39 is 31.1 Å². The molecule has 3 heterocycles. The van der Waals surface area contributed by atoms with E-state index in [0.717, 1.165) is 5.69 Å². The summed E-state index contributed by atoms with van der Waals surface area (Å²) in [5, 5.41) is 14.8. The first-order valence-corrected chi connectivity index (χ1v) is 17.6. The number of alkyl halides is 3. The van der Waals surface area contributed by atoms with E-state index >= 15 is 0 Å². The number of ether oxygens (including phenoxy) is 1. The van der Waals surface area contributed by atoms with Crippen molar-refractivity contribution in [3.05, 3.63) is 58.8 Å². The first-order chi connectivity index (χ1) is 23.7. The first-order valence-electron chi connectivity index (χ1n) is 15.9. The maximum absolute atomic E-state index is 14.2. The van der Waals surface area contributed by atoms with Crippen molar-refractivity contribution in [1.29, 1.82) is 0 Å². The third-order valence-electron chi connectivity index (χ3n) is 8.20. The molecule has 1 amide bonds. The van der Waals surface area contributed by atoms with E-state index in [-0.39, 0.29) is 61.3 Å². The second-order valence-corrected chi connectivity index (χ2v) is 13.7. The third-order valence-corrected chi connectivity index (χ3v) is 10.3. The summed E-state index contributed by atoms with van der Waals surface area (Å²) in [6.07, 6.45) is -4.19. The number of amides is 1. The lowest BCUT2D eigenvalue weighted by atomic mass is 10.0. The van der Waals surface area contributed by atoms with Crippen molar-refractivity contribution in [3.8, 4) is 5.75 Å². The first kappa shape index (κ1) is 36.8. The second-order valence-electron chi connectivity index (χ2n) is 11.6. The zero-order valence-electron chi connectivity index (χ0n) is 28.0. The fourth-order valence-corrected chi connectivity index (χ4v) is 7.64. The molecule has 1 aromatic heterocycles. The molecule has 14 nitrogen and oxygen atoms in total. The molecule has 270 valence electrons. The van der Waals surface area contributed by atoms with Gasteiger partial charge in [-0.2, -0.15) is 18.2 Å². The van der Waals surface area contributed by atoms with Crippen molar-refractivity contribution in [2.24, 2.45) is 0 Å². The van der Waals surface area contributed by atoms with Gasteiger partial charge in [-0.25, -0.2) is 4.98 Å². The largest absolute Gasteiger partial charge is 0.495 e. The molecule has 0 bridgehead atoms. The van der Waals surface area contributed by atoms with Gasteiger partial charge in [-0.1, -0.05) is 6.07 Å². The maximum atomic E-state index is 14.2. The van der Waals surface area contributed by atoms with Gasteiger partial charge in [0.05, 0.1) is 50.0 Å². The Bertz CT molecular complexity index is 1780. The van der Waals surface area contributed by atoms with Gasteiger partial charge < -0.3 is 39.3 Å². The molecule has 3 aromatic rings. The number of nitrogens with one attached hydrogen (secondary N) is 2. The molecule has 2 aliphatic heterocycles. The van der Waals surface area contributed by atoms with Crippen LogP contribution < -0.4 is 20.3 Å². The molecule has 5 rings (SSSR count). The average molecular weight is 722 g/mol. The van der Waals surface area contributed by atoms with Crippen molar-refractivity contribution in [3.63, 3.8) is 0 Å². The predicted molar refractivity (Wildman–Crippen MR) is 180 cm³/mol. The summed E-state index contributed by atoms with van der Waals surface area (Å²) >= 11 is 0. The van der Waals surface area contributed by atoms with Crippen LogP contribution in [0.5, 0.6) is 5.75 Å². The number of carbonyl (C=O) groups is 2. The van der Waals surface area contributed by atoms with Gasteiger partial charge in [0, 0.05) is 57.2 Å². The van der Waals surface area contributed by atoms with E-state index in [2.05, 4.69) is 20.6 Å². The molecule has 2 aromatic carbocycles. The summed E-state index contributed by atoms with van der Waals surface area (Å²) in [5.41, 5.74) is 1.56. The van der Waals surface area contributed by atoms with Crippen LogP contribution in [0.15, 0.2) is 36.5 Å². The highest BCUT2D eigenvalue weighted by Gasteiger charge is 2.37. The van der Waals surface area contributed by atoms with Gasteiger partial charge >= 0.3 is 19.7 Å². The Morgan fingerprint density at radius 3 is 2.34 bits per heavy atom. The van der Waals surface area contributed by atoms with Crippen molar-refractivity contribution in [2.75, 3.05) is 75.6 Å². The van der Waals surface area contributed by atoms with Crippen LogP contribution in [-0.2, 0) is 37.3 Å². The van der Waals surface area contributed by atoms with Gasteiger partial charge in [0.25, 0.3) is 5.91 Å². The molecule has 18 heteroatoms. The Balaban J connectivity index is 1.44. The number of halogens is 3. The van der Waals surface area contributed by atoms with Crippen LogP contribution in [0.3, 0.4) is 0 Å². The molecule has 0 radical (unpaired) electrons. The molecular weight excluding hydrogens is 682 g/mol. The number of aromatic nitrogens is 2. The summed E-state index contributed by atoms with van der Waals surface area (Å²) in [5.74, 6) is -1.75. The number of aliphatic carboxylic acids is 1. The van der Waals surface area contributed by atoms with E-state index in [1.807, 2.05) is 9.80 Å². The molecule has 1 saturated heterocycles. The normalized spacial score (nSPS) is 15.3. The lowest BCUT2D eigenvalue weighted by molar-refractivity contribution is -0.138. The van der Waals surface area contributed by atoms with Crippen LogP contribution in [0.4, 0.5) is 42.0 Å². The molecule has 50 heavy (non-hydrogen) atoms. The minimum absolute atomic E-state index is 0.0197. The zero-order chi connectivity index (χ0) is 36.2. The molecule has 0 spiro atoms.